The molecule has 1 N–H and O–H groups in total. The van der Waals surface area contributed by atoms with E-state index in [1.54, 1.807) is 35.4 Å². The van der Waals surface area contributed by atoms with Gasteiger partial charge in [-0.1, -0.05) is 12.1 Å². The Hall–Kier alpha value is -3.42. The molecule has 0 aliphatic carbocycles. The predicted molar refractivity (Wildman–Crippen MR) is 107 cm³/mol. The molecule has 1 fully saturated rings. The number of hydrogen-bond donors (Lipinski definition) is 1. The normalized spacial score (nSPS) is 16.1. The maximum absolute atomic E-state index is 13.1. The van der Waals surface area contributed by atoms with Gasteiger partial charge in [-0.15, -0.1) is 10.2 Å². The van der Waals surface area contributed by atoms with Gasteiger partial charge < -0.3 is 19.5 Å². The molecule has 1 aliphatic heterocycles. The molecule has 3 heterocycles. The van der Waals surface area contributed by atoms with Crippen molar-refractivity contribution in [3.05, 3.63) is 60.2 Å². The van der Waals surface area contributed by atoms with Gasteiger partial charge in [-0.25, -0.2) is 4.39 Å². The number of aromatic nitrogens is 3. The number of likely N-dealkylation sites (tertiary alicyclic amines) is 1. The van der Waals surface area contributed by atoms with Gasteiger partial charge in [0.2, 0.25) is 5.88 Å². The molecule has 29 heavy (non-hydrogen) atoms. The van der Waals surface area contributed by atoms with Gasteiger partial charge in [0.1, 0.15) is 17.6 Å². The van der Waals surface area contributed by atoms with Gasteiger partial charge in [0, 0.05) is 39.3 Å². The van der Waals surface area contributed by atoms with Crippen LogP contribution >= 0.6 is 0 Å². The van der Waals surface area contributed by atoms with Crippen LogP contribution in [0.25, 0.3) is 11.1 Å². The van der Waals surface area contributed by atoms with Gasteiger partial charge >= 0.3 is 0 Å². The van der Waals surface area contributed by atoms with E-state index in [1.807, 2.05) is 25.1 Å². The maximum atomic E-state index is 13.1. The zero-order valence-electron chi connectivity index (χ0n) is 16.3. The van der Waals surface area contributed by atoms with Gasteiger partial charge in [0.05, 0.1) is 6.54 Å². The number of carbonyl (C=O) groups is 1. The minimum absolute atomic E-state index is 0.0847. The zero-order chi connectivity index (χ0) is 20.4. The number of aromatic amines is 1. The summed E-state index contributed by atoms with van der Waals surface area (Å²) in [6.07, 6.45) is 2.37. The number of hydrogen-bond acceptors (Lipinski definition) is 5. The molecule has 3 aromatic rings. The molecule has 1 unspecified atom stereocenters. The van der Waals surface area contributed by atoms with Gasteiger partial charge in [0.15, 0.2) is 5.82 Å². The van der Waals surface area contributed by atoms with E-state index in [-0.39, 0.29) is 17.8 Å². The van der Waals surface area contributed by atoms with Crippen LogP contribution in [0.3, 0.4) is 0 Å². The molecular weight excluding hydrogens is 373 g/mol. The largest absolute Gasteiger partial charge is 0.471 e. The monoisotopic (exact) mass is 395 g/mol. The van der Waals surface area contributed by atoms with Crippen molar-refractivity contribution in [1.29, 1.82) is 0 Å². The van der Waals surface area contributed by atoms with Crippen molar-refractivity contribution in [2.24, 2.45) is 0 Å². The first kappa shape index (κ1) is 18.9. The van der Waals surface area contributed by atoms with Gasteiger partial charge in [0.25, 0.3) is 5.91 Å². The average molecular weight is 395 g/mol. The smallest absolute Gasteiger partial charge is 0.270 e. The molecule has 0 bridgehead atoms. The Morgan fingerprint density at radius 1 is 1.17 bits per heavy atom. The van der Waals surface area contributed by atoms with Crippen molar-refractivity contribution in [2.75, 3.05) is 32.1 Å². The molecule has 1 aromatic carbocycles. The summed E-state index contributed by atoms with van der Waals surface area (Å²) < 4.78 is 19.0. The first-order valence-corrected chi connectivity index (χ1v) is 9.41. The number of anilines is 1. The molecule has 8 heteroatoms. The Bertz CT molecular complexity index is 985. The Labute approximate surface area is 168 Å². The number of ether oxygens (including phenoxy) is 1. The third kappa shape index (κ3) is 4.21. The predicted octanol–water partition coefficient (Wildman–Crippen LogP) is 2.97. The fraction of sp³-hybridized carbons (Fsp3) is 0.286. The highest BCUT2D eigenvalue weighted by Crippen LogP contribution is 2.23. The minimum atomic E-state index is -0.287. The van der Waals surface area contributed by atoms with Crippen molar-refractivity contribution < 1.29 is 13.9 Å². The van der Waals surface area contributed by atoms with E-state index >= 15 is 0 Å². The van der Waals surface area contributed by atoms with E-state index in [0.717, 1.165) is 23.4 Å². The summed E-state index contributed by atoms with van der Waals surface area (Å²) in [5.41, 5.74) is 2.20. The number of nitrogens with zero attached hydrogens (tertiary/aromatic N) is 4. The van der Waals surface area contributed by atoms with Crippen LogP contribution in [0.1, 0.15) is 16.9 Å². The number of halogens is 1. The summed E-state index contributed by atoms with van der Waals surface area (Å²) in [6.45, 7) is 1.10. The van der Waals surface area contributed by atoms with E-state index in [1.165, 1.54) is 12.1 Å². The van der Waals surface area contributed by atoms with Crippen LogP contribution in [0.15, 0.2) is 48.7 Å². The van der Waals surface area contributed by atoms with E-state index < -0.39 is 0 Å². The number of carbonyl (C=O) groups excluding carboxylic acids is 1. The lowest BCUT2D eigenvalue weighted by Gasteiger charge is -2.16. The van der Waals surface area contributed by atoms with Crippen LogP contribution in [0, 0.1) is 5.82 Å². The van der Waals surface area contributed by atoms with Gasteiger partial charge in [-0.3, -0.25) is 4.79 Å². The molecule has 0 radical (unpaired) electrons. The van der Waals surface area contributed by atoms with Gasteiger partial charge in [-0.2, -0.15) is 0 Å². The first-order valence-electron chi connectivity index (χ1n) is 9.41. The second kappa shape index (κ2) is 7.90. The highest BCUT2D eigenvalue weighted by molar-refractivity contribution is 5.94. The van der Waals surface area contributed by atoms with Crippen molar-refractivity contribution in [3.8, 4) is 17.0 Å². The number of nitrogens with one attached hydrogen (secondary N) is 1. The zero-order valence-corrected chi connectivity index (χ0v) is 16.3. The Kier molecular flexibility index (Phi) is 5.16. The fourth-order valence-electron chi connectivity index (χ4n) is 3.29. The Morgan fingerprint density at radius 3 is 2.66 bits per heavy atom. The highest BCUT2D eigenvalue weighted by Gasteiger charge is 2.29. The van der Waals surface area contributed by atoms with E-state index in [4.69, 9.17) is 4.74 Å². The van der Waals surface area contributed by atoms with E-state index in [2.05, 4.69) is 15.2 Å². The quantitative estimate of drug-likeness (QED) is 0.719. The van der Waals surface area contributed by atoms with Crippen LogP contribution in [0.4, 0.5) is 10.2 Å². The summed E-state index contributed by atoms with van der Waals surface area (Å²) in [4.78, 5) is 19.5. The van der Waals surface area contributed by atoms with Crippen LogP contribution in [-0.4, -0.2) is 59.3 Å². The minimum Gasteiger partial charge on any atom is -0.471 e. The average Bonchev–Trinajstić information content (AvgIpc) is 3.38. The second-order valence-corrected chi connectivity index (χ2v) is 7.21. The maximum Gasteiger partial charge on any atom is 0.270 e. The molecule has 7 nitrogen and oxygen atoms in total. The van der Waals surface area contributed by atoms with Crippen LogP contribution in [0.2, 0.25) is 0 Å². The third-order valence-corrected chi connectivity index (χ3v) is 4.89. The molecule has 1 amide bonds. The molecular formula is C21H22FN5O2. The van der Waals surface area contributed by atoms with E-state index in [9.17, 15) is 9.18 Å². The summed E-state index contributed by atoms with van der Waals surface area (Å²) >= 11 is 0. The van der Waals surface area contributed by atoms with Crippen LogP contribution in [0.5, 0.6) is 5.88 Å². The second-order valence-electron chi connectivity index (χ2n) is 7.21. The topological polar surface area (TPSA) is 74.3 Å². The molecule has 1 atom stereocenters. The number of benzene rings is 1. The molecule has 1 saturated heterocycles. The van der Waals surface area contributed by atoms with Crippen molar-refractivity contribution in [3.63, 3.8) is 0 Å². The lowest BCUT2D eigenvalue weighted by atomic mass is 10.1. The first-order chi connectivity index (χ1) is 14.0. The molecule has 2 aromatic heterocycles. The van der Waals surface area contributed by atoms with Crippen molar-refractivity contribution in [1.82, 2.24) is 20.1 Å². The van der Waals surface area contributed by atoms with Crippen LogP contribution < -0.4 is 9.64 Å². The fourth-order valence-corrected chi connectivity index (χ4v) is 3.29. The summed E-state index contributed by atoms with van der Waals surface area (Å²) in [7, 11) is 3.79. The molecule has 1 aliphatic rings. The lowest BCUT2D eigenvalue weighted by molar-refractivity contribution is 0.0766. The van der Waals surface area contributed by atoms with E-state index in [0.29, 0.717) is 24.7 Å². The number of amides is 1. The SMILES string of the molecule is CN(C)c1ccc(OC2CCN(C(=O)c3cc(-c4ccc(F)cc4)c[nH]3)C2)nn1. The molecule has 4 rings (SSSR count). The summed E-state index contributed by atoms with van der Waals surface area (Å²) in [5, 5.41) is 8.19. The summed E-state index contributed by atoms with van der Waals surface area (Å²) in [5.74, 6) is 0.834. The molecule has 150 valence electrons. The highest BCUT2D eigenvalue weighted by atomic mass is 19.1. The number of H-pyrrole nitrogens is 1. The Morgan fingerprint density at radius 2 is 1.97 bits per heavy atom. The molecule has 0 spiro atoms. The standard InChI is InChI=1S/C21H22FN5O2/c1-26(2)19-7-8-20(25-24-19)29-17-9-10-27(13-17)21(28)18-11-15(12-23-18)14-3-5-16(22)6-4-14/h3-8,11-12,17,23H,9-10,13H2,1-2H3. The lowest BCUT2D eigenvalue weighted by Crippen LogP contribution is -2.31. The number of rotatable bonds is 5. The Balaban J connectivity index is 1.37. The van der Waals surface area contributed by atoms with Gasteiger partial charge in [-0.05, 0) is 35.4 Å². The molecule has 0 saturated carbocycles. The third-order valence-electron chi connectivity index (χ3n) is 4.89. The summed E-state index contributed by atoms with van der Waals surface area (Å²) in [6, 6.07) is 11.6. The van der Waals surface area contributed by atoms with Crippen molar-refractivity contribution in [2.45, 2.75) is 12.5 Å². The van der Waals surface area contributed by atoms with Crippen molar-refractivity contribution >= 4 is 11.7 Å². The van der Waals surface area contributed by atoms with Crippen LogP contribution in [-0.2, 0) is 0 Å².